The fourth-order valence-corrected chi connectivity index (χ4v) is 3.09. The number of rotatable bonds is 5. The maximum atomic E-state index is 9.63. The van der Waals surface area contributed by atoms with Crippen molar-refractivity contribution in [2.75, 3.05) is 0 Å². The minimum atomic E-state index is 0.0646. The molecule has 0 atom stereocenters. The standard InChI is InChI=1S/C21H21N3O2/c1-2-3-14-12-18(15-4-6-17(25)7-5-15)20(16-8-10-23-11-9-16)19(13-14)21(22)24-26/h4-13,25-26H,2-3H2,1H3,(H2,22,24). The van der Waals surface area contributed by atoms with Crippen molar-refractivity contribution in [3.8, 4) is 28.0 Å². The van der Waals surface area contributed by atoms with Crippen molar-refractivity contribution >= 4 is 5.84 Å². The van der Waals surface area contributed by atoms with Crippen LogP contribution in [0.1, 0.15) is 24.5 Å². The Morgan fingerprint density at radius 1 is 1.04 bits per heavy atom. The normalized spacial score (nSPS) is 11.5. The molecule has 26 heavy (non-hydrogen) atoms. The van der Waals surface area contributed by atoms with Crippen LogP contribution in [0.3, 0.4) is 0 Å². The van der Waals surface area contributed by atoms with Crippen molar-refractivity contribution in [3.63, 3.8) is 0 Å². The number of phenols is 1. The highest BCUT2D eigenvalue weighted by Crippen LogP contribution is 2.37. The lowest BCUT2D eigenvalue weighted by Gasteiger charge is -2.17. The second kappa shape index (κ2) is 7.70. The fourth-order valence-electron chi connectivity index (χ4n) is 3.09. The summed E-state index contributed by atoms with van der Waals surface area (Å²) in [5.74, 6) is 0.273. The molecule has 3 rings (SSSR count). The number of aryl methyl sites for hydroxylation is 1. The van der Waals surface area contributed by atoms with Gasteiger partial charge in [-0.2, -0.15) is 0 Å². The van der Waals surface area contributed by atoms with E-state index in [1.165, 1.54) is 0 Å². The first kappa shape index (κ1) is 17.5. The number of oxime groups is 1. The molecule has 0 amide bonds. The number of benzene rings is 2. The molecule has 5 nitrogen and oxygen atoms in total. The van der Waals surface area contributed by atoms with Crippen LogP contribution in [0, 0.1) is 0 Å². The second-order valence-electron chi connectivity index (χ2n) is 6.08. The third-order valence-corrected chi connectivity index (χ3v) is 4.27. The Labute approximate surface area is 152 Å². The topological polar surface area (TPSA) is 91.7 Å². The van der Waals surface area contributed by atoms with E-state index in [1.54, 1.807) is 24.5 Å². The molecule has 132 valence electrons. The van der Waals surface area contributed by atoms with Gasteiger partial charge in [0.25, 0.3) is 0 Å². The van der Waals surface area contributed by atoms with Gasteiger partial charge >= 0.3 is 0 Å². The van der Waals surface area contributed by atoms with Crippen LogP contribution < -0.4 is 5.73 Å². The molecule has 0 saturated carbocycles. The molecule has 0 spiro atoms. The third-order valence-electron chi connectivity index (χ3n) is 4.27. The molecule has 0 fully saturated rings. The lowest BCUT2D eigenvalue weighted by Crippen LogP contribution is -2.15. The van der Waals surface area contributed by atoms with Gasteiger partial charge in [-0.1, -0.05) is 36.7 Å². The first-order chi connectivity index (χ1) is 12.6. The Kier molecular flexibility index (Phi) is 5.17. The number of aromatic hydroxyl groups is 1. The average molecular weight is 347 g/mol. The zero-order valence-electron chi connectivity index (χ0n) is 14.6. The van der Waals surface area contributed by atoms with Crippen molar-refractivity contribution < 1.29 is 10.3 Å². The van der Waals surface area contributed by atoms with E-state index >= 15 is 0 Å². The van der Waals surface area contributed by atoms with Crippen LogP contribution in [0.2, 0.25) is 0 Å². The van der Waals surface area contributed by atoms with Crippen LogP contribution in [0.25, 0.3) is 22.3 Å². The highest BCUT2D eigenvalue weighted by molar-refractivity contribution is 6.06. The number of hydrogen-bond donors (Lipinski definition) is 3. The number of amidine groups is 1. The van der Waals surface area contributed by atoms with Crippen molar-refractivity contribution in [1.82, 2.24) is 4.98 Å². The van der Waals surface area contributed by atoms with E-state index in [0.29, 0.717) is 5.56 Å². The number of phenolic OH excluding ortho intramolecular Hbond substituents is 1. The summed E-state index contributed by atoms with van der Waals surface area (Å²) in [6.07, 6.45) is 5.30. The van der Waals surface area contributed by atoms with Crippen LogP contribution in [0.4, 0.5) is 0 Å². The molecular weight excluding hydrogens is 326 g/mol. The molecule has 0 unspecified atom stereocenters. The zero-order valence-corrected chi connectivity index (χ0v) is 14.6. The van der Waals surface area contributed by atoms with Crippen LogP contribution in [-0.2, 0) is 6.42 Å². The first-order valence-electron chi connectivity index (χ1n) is 8.48. The monoisotopic (exact) mass is 347 g/mol. The SMILES string of the molecule is CCCc1cc(/C(N)=N/O)c(-c2ccncc2)c(-c2ccc(O)cc2)c1. The van der Waals surface area contributed by atoms with E-state index in [0.717, 1.165) is 40.7 Å². The summed E-state index contributed by atoms with van der Waals surface area (Å²) < 4.78 is 0. The van der Waals surface area contributed by atoms with Crippen LogP contribution in [0.15, 0.2) is 66.1 Å². The van der Waals surface area contributed by atoms with Gasteiger partial charge in [0.05, 0.1) is 0 Å². The van der Waals surface area contributed by atoms with E-state index in [9.17, 15) is 10.3 Å². The number of hydrogen-bond acceptors (Lipinski definition) is 4. The predicted molar refractivity (Wildman–Crippen MR) is 103 cm³/mol. The summed E-state index contributed by atoms with van der Waals surface area (Å²) in [4.78, 5) is 4.08. The number of nitrogens with two attached hydrogens (primary N) is 1. The number of pyridine rings is 1. The van der Waals surface area contributed by atoms with E-state index < -0.39 is 0 Å². The van der Waals surface area contributed by atoms with Gasteiger partial charge in [-0.05, 0) is 59.0 Å². The quantitative estimate of drug-likeness (QED) is 0.279. The molecule has 4 N–H and O–H groups in total. The van der Waals surface area contributed by atoms with E-state index in [1.807, 2.05) is 30.3 Å². The van der Waals surface area contributed by atoms with Gasteiger partial charge in [-0.25, -0.2) is 0 Å². The van der Waals surface area contributed by atoms with Gasteiger partial charge in [-0.15, -0.1) is 0 Å². The fraction of sp³-hybridized carbons (Fsp3) is 0.143. The van der Waals surface area contributed by atoms with Gasteiger partial charge in [0.15, 0.2) is 5.84 Å². The maximum Gasteiger partial charge on any atom is 0.170 e. The summed E-state index contributed by atoms with van der Waals surface area (Å²) in [7, 11) is 0. The molecule has 3 aromatic rings. The van der Waals surface area contributed by atoms with Gasteiger partial charge < -0.3 is 16.0 Å². The summed E-state index contributed by atoms with van der Waals surface area (Å²) in [5.41, 5.74) is 11.5. The van der Waals surface area contributed by atoms with Gasteiger partial charge in [0, 0.05) is 23.5 Å². The Morgan fingerprint density at radius 3 is 2.35 bits per heavy atom. The van der Waals surface area contributed by atoms with Gasteiger partial charge in [0.1, 0.15) is 5.75 Å². The van der Waals surface area contributed by atoms with Crippen molar-refractivity contribution in [3.05, 3.63) is 72.1 Å². The zero-order chi connectivity index (χ0) is 18.5. The molecule has 5 heteroatoms. The Hall–Kier alpha value is -3.34. The minimum absolute atomic E-state index is 0.0646. The summed E-state index contributed by atoms with van der Waals surface area (Å²) in [6, 6.07) is 14.9. The second-order valence-corrected chi connectivity index (χ2v) is 6.08. The third kappa shape index (κ3) is 3.52. The smallest absolute Gasteiger partial charge is 0.170 e. The summed E-state index contributed by atoms with van der Waals surface area (Å²) in [6.45, 7) is 2.11. The van der Waals surface area contributed by atoms with Gasteiger partial charge in [-0.3, -0.25) is 4.98 Å². The Morgan fingerprint density at radius 2 is 1.73 bits per heavy atom. The highest BCUT2D eigenvalue weighted by Gasteiger charge is 2.17. The summed E-state index contributed by atoms with van der Waals surface area (Å²) in [5, 5.41) is 22.2. The Balaban J connectivity index is 2.35. The van der Waals surface area contributed by atoms with E-state index in [2.05, 4.69) is 23.1 Å². The molecular formula is C21H21N3O2. The molecule has 0 aliphatic rings. The molecule has 1 aromatic heterocycles. The lowest BCUT2D eigenvalue weighted by molar-refractivity contribution is 0.318. The first-order valence-corrected chi connectivity index (χ1v) is 8.48. The minimum Gasteiger partial charge on any atom is -0.508 e. The van der Waals surface area contributed by atoms with Gasteiger partial charge in [0.2, 0.25) is 0 Å². The maximum absolute atomic E-state index is 9.63. The predicted octanol–water partition coefficient (Wildman–Crippen LogP) is 4.17. The Bertz CT molecular complexity index is 920. The van der Waals surface area contributed by atoms with E-state index in [-0.39, 0.29) is 11.6 Å². The molecule has 0 radical (unpaired) electrons. The number of aromatic nitrogens is 1. The van der Waals surface area contributed by atoms with E-state index in [4.69, 9.17) is 5.73 Å². The largest absolute Gasteiger partial charge is 0.508 e. The lowest BCUT2D eigenvalue weighted by atomic mass is 9.87. The van der Waals surface area contributed by atoms with Crippen LogP contribution in [0.5, 0.6) is 5.75 Å². The van der Waals surface area contributed by atoms with Crippen molar-refractivity contribution in [2.45, 2.75) is 19.8 Å². The molecule has 0 aliphatic carbocycles. The molecule has 2 aromatic carbocycles. The molecule has 0 saturated heterocycles. The van der Waals surface area contributed by atoms with Crippen molar-refractivity contribution in [2.24, 2.45) is 10.9 Å². The molecule has 0 bridgehead atoms. The number of nitrogens with zero attached hydrogens (tertiary/aromatic N) is 2. The van der Waals surface area contributed by atoms with Crippen LogP contribution >= 0.6 is 0 Å². The average Bonchev–Trinajstić information content (AvgIpc) is 2.68. The van der Waals surface area contributed by atoms with Crippen LogP contribution in [-0.4, -0.2) is 21.1 Å². The molecule has 1 heterocycles. The molecule has 0 aliphatic heterocycles. The highest BCUT2D eigenvalue weighted by atomic mass is 16.4. The van der Waals surface area contributed by atoms with Crippen molar-refractivity contribution in [1.29, 1.82) is 0 Å². The summed E-state index contributed by atoms with van der Waals surface area (Å²) >= 11 is 0.